The molecule has 0 aromatic rings. The third-order valence-electron chi connectivity index (χ3n) is 3.31. The summed E-state index contributed by atoms with van der Waals surface area (Å²) >= 11 is 0. The smallest absolute Gasteiger partial charge is 0.00483 e. The second-order valence-corrected chi connectivity index (χ2v) is 4.74. The standard InChI is InChI=1S/C9H18N2/c1-9-6-10(2)4-8(9)5-11(3)7-9/h8H,4-7H2,1-3H3. The van der Waals surface area contributed by atoms with E-state index in [1.54, 1.807) is 0 Å². The first-order valence-corrected chi connectivity index (χ1v) is 4.47. The average Bonchev–Trinajstić information content (AvgIpc) is 2.16. The predicted molar refractivity (Wildman–Crippen MR) is 46.6 cm³/mol. The number of hydrogen-bond acceptors (Lipinski definition) is 2. The Labute approximate surface area is 69.2 Å². The number of likely N-dealkylation sites (tertiary alicyclic amines) is 2. The summed E-state index contributed by atoms with van der Waals surface area (Å²) in [6, 6.07) is 0. The Morgan fingerprint density at radius 2 is 1.55 bits per heavy atom. The van der Waals surface area contributed by atoms with Gasteiger partial charge in [-0.05, 0) is 25.4 Å². The van der Waals surface area contributed by atoms with Crippen LogP contribution in [0.4, 0.5) is 0 Å². The molecule has 11 heavy (non-hydrogen) atoms. The van der Waals surface area contributed by atoms with E-state index in [0.717, 1.165) is 5.92 Å². The molecule has 2 rings (SSSR count). The van der Waals surface area contributed by atoms with Crippen molar-refractivity contribution in [2.75, 3.05) is 40.3 Å². The van der Waals surface area contributed by atoms with Crippen LogP contribution in [0, 0.1) is 11.3 Å². The van der Waals surface area contributed by atoms with Crippen LogP contribution in [-0.4, -0.2) is 50.1 Å². The fourth-order valence-electron chi connectivity index (χ4n) is 2.92. The highest BCUT2D eigenvalue weighted by atomic mass is 15.2. The van der Waals surface area contributed by atoms with Crippen molar-refractivity contribution in [3.8, 4) is 0 Å². The van der Waals surface area contributed by atoms with E-state index in [4.69, 9.17) is 0 Å². The lowest BCUT2D eigenvalue weighted by Crippen LogP contribution is -2.28. The fraction of sp³-hybridized carbons (Fsp3) is 1.00. The van der Waals surface area contributed by atoms with Gasteiger partial charge in [-0.3, -0.25) is 0 Å². The van der Waals surface area contributed by atoms with Crippen LogP contribution in [-0.2, 0) is 0 Å². The maximum atomic E-state index is 2.47. The van der Waals surface area contributed by atoms with Crippen LogP contribution in [0.25, 0.3) is 0 Å². The molecule has 2 heterocycles. The molecule has 0 atom stereocenters. The molecule has 0 spiro atoms. The van der Waals surface area contributed by atoms with E-state index in [2.05, 4.69) is 30.8 Å². The van der Waals surface area contributed by atoms with Gasteiger partial charge in [0.15, 0.2) is 0 Å². The SMILES string of the molecule is CN1CC2CN(C)CC2(C)C1. The van der Waals surface area contributed by atoms with E-state index in [9.17, 15) is 0 Å². The highest BCUT2D eigenvalue weighted by Gasteiger charge is 2.46. The zero-order valence-electron chi connectivity index (χ0n) is 7.80. The van der Waals surface area contributed by atoms with Crippen LogP contribution in [0.15, 0.2) is 0 Å². The second kappa shape index (κ2) is 2.20. The van der Waals surface area contributed by atoms with E-state index in [-0.39, 0.29) is 0 Å². The normalized spacial score (nSPS) is 46.6. The Hall–Kier alpha value is -0.0800. The maximum absolute atomic E-state index is 2.47. The van der Waals surface area contributed by atoms with Gasteiger partial charge in [0, 0.05) is 26.2 Å². The van der Waals surface area contributed by atoms with Gasteiger partial charge in [0.2, 0.25) is 0 Å². The molecular weight excluding hydrogens is 136 g/mol. The van der Waals surface area contributed by atoms with Gasteiger partial charge in [-0.25, -0.2) is 0 Å². The lowest BCUT2D eigenvalue weighted by molar-refractivity contribution is 0.268. The molecule has 64 valence electrons. The molecule has 0 unspecified atom stereocenters. The van der Waals surface area contributed by atoms with Crippen LogP contribution in [0.5, 0.6) is 0 Å². The van der Waals surface area contributed by atoms with Gasteiger partial charge in [-0.2, -0.15) is 0 Å². The largest absolute Gasteiger partial charge is 0.305 e. The summed E-state index contributed by atoms with van der Waals surface area (Å²) in [5.74, 6) is 0.928. The zero-order valence-corrected chi connectivity index (χ0v) is 7.80. The highest BCUT2D eigenvalue weighted by molar-refractivity contribution is 4.99. The number of hydrogen-bond donors (Lipinski definition) is 0. The summed E-state index contributed by atoms with van der Waals surface area (Å²) in [6.07, 6.45) is 0. The molecule has 0 aromatic carbocycles. The highest BCUT2D eigenvalue weighted by Crippen LogP contribution is 2.40. The van der Waals surface area contributed by atoms with Crippen molar-refractivity contribution in [2.45, 2.75) is 6.92 Å². The summed E-state index contributed by atoms with van der Waals surface area (Å²) in [5.41, 5.74) is 0.601. The summed E-state index contributed by atoms with van der Waals surface area (Å²) in [4.78, 5) is 4.94. The number of rotatable bonds is 0. The molecule has 0 aromatic heterocycles. The molecular formula is C9H18N2. The topological polar surface area (TPSA) is 6.48 Å². The first-order chi connectivity index (χ1) is 5.10. The van der Waals surface area contributed by atoms with Gasteiger partial charge >= 0.3 is 0 Å². The van der Waals surface area contributed by atoms with Crippen LogP contribution in [0.3, 0.4) is 0 Å². The van der Waals surface area contributed by atoms with Crippen LogP contribution in [0.2, 0.25) is 0 Å². The lowest BCUT2D eigenvalue weighted by Gasteiger charge is -2.22. The molecule has 2 fully saturated rings. The van der Waals surface area contributed by atoms with E-state index < -0.39 is 0 Å². The average molecular weight is 154 g/mol. The molecule has 0 radical (unpaired) electrons. The minimum atomic E-state index is 0.601. The van der Waals surface area contributed by atoms with Crippen molar-refractivity contribution < 1.29 is 0 Å². The fourth-order valence-corrected chi connectivity index (χ4v) is 2.92. The monoisotopic (exact) mass is 154 g/mol. The summed E-state index contributed by atoms with van der Waals surface area (Å²) < 4.78 is 0. The molecule has 2 aliphatic rings. The predicted octanol–water partition coefficient (Wildman–Crippen LogP) is 0.500. The maximum Gasteiger partial charge on any atom is 0.00483 e. The van der Waals surface area contributed by atoms with Crippen molar-refractivity contribution in [3.63, 3.8) is 0 Å². The molecule has 2 aliphatic heterocycles. The van der Waals surface area contributed by atoms with Crippen molar-refractivity contribution in [2.24, 2.45) is 11.3 Å². The molecule has 0 N–H and O–H groups in total. The third-order valence-corrected chi connectivity index (χ3v) is 3.31. The van der Waals surface area contributed by atoms with E-state index >= 15 is 0 Å². The van der Waals surface area contributed by atoms with Gasteiger partial charge in [-0.15, -0.1) is 0 Å². The Morgan fingerprint density at radius 3 is 1.91 bits per heavy atom. The molecule has 0 amide bonds. The Kier molecular flexibility index (Phi) is 1.52. The van der Waals surface area contributed by atoms with Gasteiger partial charge in [0.1, 0.15) is 0 Å². The van der Waals surface area contributed by atoms with Crippen molar-refractivity contribution in [1.29, 1.82) is 0 Å². The van der Waals surface area contributed by atoms with Crippen molar-refractivity contribution in [3.05, 3.63) is 0 Å². The Morgan fingerprint density at radius 1 is 1.09 bits per heavy atom. The quantitative estimate of drug-likeness (QED) is 0.501. The van der Waals surface area contributed by atoms with Gasteiger partial charge in [0.25, 0.3) is 0 Å². The molecule has 2 saturated heterocycles. The van der Waals surface area contributed by atoms with Crippen molar-refractivity contribution >= 4 is 0 Å². The summed E-state index contributed by atoms with van der Waals surface area (Å²) in [5, 5.41) is 0. The first-order valence-electron chi connectivity index (χ1n) is 4.47. The molecule has 0 saturated carbocycles. The van der Waals surface area contributed by atoms with Gasteiger partial charge in [0.05, 0.1) is 0 Å². The van der Waals surface area contributed by atoms with Crippen molar-refractivity contribution in [1.82, 2.24) is 9.80 Å². The summed E-state index contributed by atoms with van der Waals surface area (Å²) in [6.45, 7) is 7.64. The minimum Gasteiger partial charge on any atom is -0.305 e. The lowest BCUT2D eigenvalue weighted by atomic mass is 9.83. The molecule has 2 heteroatoms. The van der Waals surface area contributed by atoms with Gasteiger partial charge < -0.3 is 9.80 Å². The van der Waals surface area contributed by atoms with Gasteiger partial charge in [-0.1, -0.05) is 6.92 Å². The van der Waals surface area contributed by atoms with Crippen LogP contribution in [0.1, 0.15) is 6.92 Å². The zero-order chi connectivity index (χ0) is 8.06. The summed E-state index contributed by atoms with van der Waals surface area (Å²) in [7, 11) is 4.48. The molecule has 0 aliphatic carbocycles. The minimum absolute atomic E-state index is 0.601. The third kappa shape index (κ3) is 1.09. The molecule has 2 nitrogen and oxygen atoms in total. The van der Waals surface area contributed by atoms with E-state index in [1.165, 1.54) is 26.2 Å². The van der Waals surface area contributed by atoms with Crippen LogP contribution < -0.4 is 0 Å². The second-order valence-electron chi connectivity index (χ2n) is 4.74. The number of fused-ring (bicyclic) bond motifs is 1. The number of nitrogens with zero attached hydrogens (tertiary/aromatic N) is 2. The first kappa shape index (κ1) is 7.56. The van der Waals surface area contributed by atoms with E-state index in [1.807, 2.05) is 0 Å². The van der Waals surface area contributed by atoms with Crippen LogP contribution >= 0.6 is 0 Å². The Balaban J connectivity index is 2.13. The Bertz CT molecular complexity index is 153. The molecule has 0 bridgehead atoms. The van der Waals surface area contributed by atoms with E-state index in [0.29, 0.717) is 5.41 Å².